The zero-order valence-electron chi connectivity index (χ0n) is 5.24. The molecule has 0 aromatic rings. The summed E-state index contributed by atoms with van der Waals surface area (Å²) in [5, 5.41) is 0. The number of halogens is 3. The summed E-state index contributed by atoms with van der Waals surface area (Å²) >= 11 is 0.963. The average Bonchev–Trinajstić information content (AvgIpc) is 1.63. The van der Waals surface area contributed by atoms with E-state index in [1.807, 2.05) is 6.92 Å². The number of thioether (sulfide) groups is 1. The summed E-state index contributed by atoms with van der Waals surface area (Å²) in [5.74, 6) is 0.612. The van der Waals surface area contributed by atoms with Gasteiger partial charge in [0.25, 0.3) is 0 Å². The van der Waals surface area contributed by atoms with Gasteiger partial charge >= 0.3 is 6.98 Å². The maximum Gasteiger partial charge on any atom is 0.488 e. The molecule has 56 valence electrons. The highest BCUT2D eigenvalue weighted by Crippen LogP contribution is 2.15. The second kappa shape index (κ2) is 4.09. The van der Waals surface area contributed by atoms with Crippen molar-refractivity contribution < 1.29 is 12.9 Å². The first-order valence-corrected chi connectivity index (χ1v) is 4.00. The molecule has 0 rings (SSSR count). The van der Waals surface area contributed by atoms with Crippen molar-refractivity contribution >= 4 is 18.7 Å². The Bertz CT molecular complexity index is 72.7. The molecule has 5 heteroatoms. The van der Waals surface area contributed by atoms with Gasteiger partial charge in [0.2, 0.25) is 0 Å². The predicted octanol–water partition coefficient (Wildman–Crippen LogP) is 2.52. The van der Waals surface area contributed by atoms with Crippen LogP contribution >= 0.6 is 11.8 Å². The fraction of sp³-hybridized carbons (Fsp3) is 1.00. The lowest BCUT2D eigenvalue weighted by atomic mass is 9.98. The highest BCUT2D eigenvalue weighted by Gasteiger charge is 2.21. The summed E-state index contributed by atoms with van der Waals surface area (Å²) in [6.07, 6.45) is 0.816. The Hall–Kier alpha value is 0.205. The molecular weight excluding hydrogens is 148 g/mol. The van der Waals surface area contributed by atoms with E-state index in [9.17, 15) is 12.9 Å². The van der Waals surface area contributed by atoms with Gasteiger partial charge in [0.15, 0.2) is 0 Å². The normalized spacial score (nSPS) is 12.0. The monoisotopic (exact) mass is 157 g/mol. The third kappa shape index (κ3) is 8.20. The quantitative estimate of drug-likeness (QED) is 0.446. The Morgan fingerprint density at radius 1 is 1.33 bits per heavy atom. The Labute approximate surface area is 57.3 Å². The third-order valence-corrected chi connectivity index (χ3v) is 1.97. The van der Waals surface area contributed by atoms with Gasteiger partial charge in [0.1, 0.15) is 0 Å². The van der Waals surface area contributed by atoms with Crippen molar-refractivity contribution in [1.29, 1.82) is 0 Å². The van der Waals surface area contributed by atoms with Gasteiger partial charge in [-0.25, -0.2) is 0 Å². The molecular formula is C4H9BF3S-. The predicted molar refractivity (Wildman–Crippen MR) is 36.7 cm³/mol. The molecule has 0 aliphatic carbocycles. The summed E-state index contributed by atoms with van der Waals surface area (Å²) in [5.41, 5.74) is -0.645. The average molecular weight is 157 g/mol. The van der Waals surface area contributed by atoms with Crippen molar-refractivity contribution in [3.63, 3.8) is 0 Å². The fourth-order valence-corrected chi connectivity index (χ4v) is 1.08. The van der Waals surface area contributed by atoms with Gasteiger partial charge in [-0.3, -0.25) is 0 Å². The summed E-state index contributed by atoms with van der Waals surface area (Å²) in [4.78, 5) is 0. The minimum absolute atomic E-state index is 0.612. The Morgan fingerprint density at radius 3 is 2.22 bits per heavy atom. The van der Waals surface area contributed by atoms with E-state index < -0.39 is 12.6 Å². The van der Waals surface area contributed by atoms with Crippen LogP contribution < -0.4 is 0 Å². The highest BCUT2D eigenvalue weighted by molar-refractivity contribution is 8.00. The van der Waals surface area contributed by atoms with Gasteiger partial charge < -0.3 is 12.9 Å². The minimum Gasteiger partial charge on any atom is -0.448 e. The van der Waals surface area contributed by atoms with Gasteiger partial charge in [-0.15, -0.1) is 0 Å². The zero-order valence-corrected chi connectivity index (χ0v) is 6.06. The minimum atomic E-state index is -4.55. The maximum absolute atomic E-state index is 11.4. The van der Waals surface area contributed by atoms with E-state index in [1.54, 1.807) is 0 Å². The second-order valence-electron chi connectivity index (χ2n) is 1.79. The van der Waals surface area contributed by atoms with Crippen LogP contribution in [-0.4, -0.2) is 18.4 Å². The van der Waals surface area contributed by atoms with Gasteiger partial charge in [-0.2, -0.15) is 11.8 Å². The Morgan fingerprint density at radius 2 is 1.89 bits per heavy atom. The molecule has 0 aliphatic heterocycles. The summed E-state index contributed by atoms with van der Waals surface area (Å²) in [6, 6.07) is 0. The Kier molecular flexibility index (Phi) is 4.18. The van der Waals surface area contributed by atoms with E-state index in [-0.39, 0.29) is 0 Å². The van der Waals surface area contributed by atoms with Crippen LogP contribution in [0.2, 0.25) is 0 Å². The fourth-order valence-electron chi connectivity index (χ4n) is 0.361. The van der Waals surface area contributed by atoms with Crippen LogP contribution in [0.15, 0.2) is 0 Å². The van der Waals surface area contributed by atoms with Crippen LogP contribution in [0.3, 0.4) is 0 Å². The second-order valence-corrected chi connectivity index (χ2v) is 2.94. The van der Waals surface area contributed by atoms with Crippen LogP contribution in [0.25, 0.3) is 0 Å². The molecule has 0 N–H and O–H groups in total. The molecule has 0 aromatic heterocycles. The number of hydrogen-bond acceptors (Lipinski definition) is 1. The van der Waals surface area contributed by atoms with Crippen molar-refractivity contribution in [2.75, 3.05) is 11.4 Å². The summed E-state index contributed by atoms with van der Waals surface area (Å²) in [6.45, 7) is -2.68. The van der Waals surface area contributed by atoms with Gasteiger partial charge in [0, 0.05) is 0 Å². The van der Waals surface area contributed by atoms with Crippen LogP contribution in [0.1, 0.15) is 13.3 Å². The first-order chi connectivity index (χ1) is 4.06. The smallest absolute Gasteiger partial charge is 0.448 e. The summed E-state index contributed by atoms with van der Waals surface area (Å²) in [7, 11) is 0. The van der Waals surface area contributed by atoms with Crippen LogP contribution in [0.4, 0.5) is 12.9 Å². The van der Waals surface area contributed by atoms with E-state index >= 15 is 0 Å². The van der Waals surface area contributed by atoms with Gasteiger partial charge in [-0.1, -0.05) is 6.92 Å². The molecule has 0 fully saturated rings. The molecule has 0 bridgehead atoms. The van der Waals surface area contributed by atoms with E-state index in [1.165, 1.54) is 0 Å². The van der Waals surface area contributed by atoms with Crippen molar-refractivity contribution in [3.05, 3.63) is 0 Å². The topological polar surface area (TPSA) is 0 Å². The molecule has 0 radical (unpaired) electrons. The lowest BCUT2D eigenvalue weighted by molar-refractivity contribution is 0.485. The lowest BCUT2D eigenvalue weighted by Gasteiger charge is -2.11. The van der Waals surface area contributed by atoms with Crippen molar-refractivity contribution in [2.24, 2.45) is 0 Å². The molecule has 0 aliphatic rings. The SMILES string of the molecule is CCCSC[B-](F)(F)F. The molecule has 9 heavy (non-hydrogen) atoms. The van der Waals surface area contributed by atoms with Crippen LogP contribution in [0, 0.1) is 0 Å². The van der Waals surface area contributed by atoms with E-state index in [4.69, 9.17) is 0 Å². The molecule has 0 atom stereocenters. The zero-order chi connectivity index (χ0) is 7.33. The first-order valence-electron chi connectivity index (χ1n) is 2.85. The van der Waals surface area contributed by atoms with Gasteiger partial charge in [-0.05, 0) is 17.8 Å². The van der Waals surface area contributed by atoms with Crippen LogP contribution in [0.5, 0.6) is 0 Å². The van der Waals surface area contributed by atoms with Crippen LogP contribution in [-0.2, 0) is 0 Å². The standard InChI is InChI=1S/C4H9BF3S/c1-2-3-9-4-5(6,7)8/h2-4H2,1H3/q-1. The maximum atomic E-state index is 11.4. The number of rotatable bonds is 4. The van der Waals surface area contributed by atoms with E-state index in [2.05, 4.69) is 0 Å². The molecule has 0 unspecified atom stereocenters. The van der Waals surface area contributed by atoms with Gasteiger partial charge in [0.05, 0.1) is 0 Å². The molecule has 0 spiro atoms. The van der Waals surface area contributed by atoms with Crippen molar-refractivity contribution in [3.8, 4) is 0 Å². The molecule has 0 nitrogen and oxygen atoms in total. The highest BCUT2D eigenvalue weighted by atomic mass is 32.2. The molecule has 0 saturated carbocycles. The van der Waals surface area contributed by atoms with E-state index in [0.29, 0.717) is 5.75 Å². The lowest BCUT2D eigenvalue weighted by Crippen LogP contribution is -2.19. The largest absolute Gasteiger partial charge is 0.488 e. The molecule has 0 saturated heterocycles. The van der Waals surface area contributed by atoms with Crippen molar-refractivity contribution in [1.82, 2.24) is 0 Å². The molecule has 0 aromatic carbocycles. The Balaban J connectivity index is 3.07. The molecule has 0 amide bonds. The van der Waals surface area contributed by atoms with Crippen molar-refractivity contribution in [2.45, 2.75) is 13.3 Å². The molecule has 0 heterocycles. The first kappa shape index (κ1) is 9.20. The third-order valence-electron chi connectivity index (χ3n) is 0.655. The van der Waals surface area contributed by atoms with E-state index in [0.717, 1.165) is 18.2 Å². The summed E-state index contributed by atoms with van der Waals surface area (Å²) < 4.78 is 34.3. The number of hydrogen-bond donors (Lipinski definition) is 0.